The second-order valence-corrected chi connectivity index (χ2v) is 11.3. The van der Waals surface area contributed by atoms with Gasteiger partial charge in [0.05, 0.1) is 0 Å². The van der Waals surface area contributed by atoms with Crippen LogP contribution in [0.5, 0.6) is 0 Å². The molecule has 2 unspecified atom stereocenters. The average Bonchev–Trinajstić information content (AvgIpc) is 2.74. The fourth-order valence-electron chi connectivity index (χ4n) is 3.86. The molecule has 34 heavy (non-hydrogen) atoms. The molecule has 2 aliphatic heterocycles. The summed E-state index contributed by atoms with van der Waals surface area (Å²) in [6, 6.07) is 0.958. The van der Waals surface area contributed by atoms with Crippen molar-refractivity contribution < 1.29 is 36.8 Å². The normalized spacial score (nSPS) is 22.5. The number of carbonyl (C=O) groups excluding carboxylic acids is 3. The molecule has 3 rings (SSSR count). The first-order valence-corrected chi connectivity index (χ1v) is 12.0. The zero-order chi connectivity index (χ0) is 25.3. The molecule has 0 aliphatic carbocycles. The van der Waals surface area contributed by atoms with E-state index in [1.807, 2.05) is 5.32 Å². The summed E-state index contributed by atoms with van der Waals surface area (Å²) in [5, 5.41) is 2.00. The van der Waals surface area contributed by atoms with Crippen LogP contribution in [0.2, 0.25) is 0 Å². The molecule has 2 aliphatic rings. The van der Waals surface area contributed by atoms with Gasteiger partial charge in [-0.3, -0.25) is 19.8 Å². The van der Waals surface area contributed by atoms with Crippen LogP contribution >= 0.6 is 0 Å². The first-order valence-electron chi connectivity index (χ1n) is 10.9. The lowest BCUT2D eigenvalue weighted by molar-refractivity contribution is -0.151. The van der Waals surface area contributed by atoms with Crippen molar-refractivity contribution >= 4 is 29.2 Å². The van der Waals surface area contributed by atoms with Crippen LogP contribution in [0.3, 0.4) is 0 Å². The summed E-state index contributed by atoms with van der Waals surface area (Å²) in [5.41, 5.74) is -0.191. The molecule has 1 aromatic carbocycles. The minimum Gasteiger partial charge on any atom is -0.598 e. The van der Waals surface area contributed by atoms with E-state index in [4.69, 9.17) is 4.74 Å². The van der Waals surface area contributed by atoms with E-state index in [0.717, 1.165) is 17.0 Å². The SMILES string of the molecule is CC(C)(C)[S+]([O-])N[C@@H](c1cccc(F)c1)C(F)(F)CC1C(=O)NC(=O)N(C2CCOCC2)C1=O. The van der Waals surface area contributed by atoms with E-state index in [9.17, 15) is 23.3 Å². The summed E-state index contributed by atoms with van der Waals surface area (Å²) >= 11 is -1.98. The first-order chi connectivity index (χ1) is 15.8. The lowest BCUT2D eigenvalue weighted by Crippen LogP contribution is -2.62. The van der Waals surface area contributed by atoms with Crippen LogP contribution in [0.25, 0.3) is 0 Å². The van der Waals surface area contributed by atoms with Gasteiger partial charge in [0.25, 0.3) is 5.92 Å². The summed E-state index contributed by atoms with van der Waals surface area (Å²) in [6.07, 6.45) is -0.608. The molecule has 1 aromatic rings. The number of halogens is 3. The summed E-state index contributed by atoms with van der Waals surface area (Å²) in [4.78, 5) is 38.6. The lowest BCUT2D eigenvalue weighted by atomic mass is 9.89. The number of nitrogens with one attached hydrogen (secondary N) is 2. The number of amides is 4. The van der Waals surface area contributed by atoms with Crippen LogP contribution in [-0.2, 0) is 25.7 Å². The third kappa shape index (κ3) is 5.91. The lowest BCUT2D eigenvalue weighted by Gasteiger charge is -2.39. The molecule has 2 fully saturated rings. The van der Waals surface area contributed by atoms with E-state index >= 15 is 8.78 Å². The topological polar surface area (TPSA) is 111 Å². The largest absolute Gasteiger partial charge is 0.598 e. The Hall–Kier alpha value is -2.15. The summed E-state index contributed by atoms with van der Waals surface area (Å²) < 4.78 is 64.5. The monoisotopic (exact) mass is 503 g/mol. The predicted molar refractivity (Wildman–Crippen MR) is 117 cm³/mol. The molecule has 2 saturated heterocycles. The van der Waals surface area contributed by atoms with E-state index < -0.39 is 70.1 Å². The quantitative estimate of drug-likeness (QED) is 0.437. The maximum Gasteiger partial charge on any atom is 0.331 e. The Morgan fingerprint density at radius 1 is 1.24 bits per heavy atom. The van der Waals surface area contributed by atoms with Crippen molar-refractivity contribution in [2.75, 3.05) is 13.2 Å². The van der Waals surface area contributed by atoms with Crippen LogP contribution in [-0.4, -0.2) is 57.2 Å². The van der Waals surface area contributed by atoms with Gasteiger partial charge in [-0.25, -0.2) is 18.0 Å². The minimum absolute atomic E-state index is 0.191. The number of nitrogens with zero attached hydrogens (tertiary/aromatic N) is 1. The number of alkyl halides is 2. The van der Waals surface area contributed by atoms with Crippen molar-refractivity contribution in [2.24, 2.45) is 5.92 Å². The number of carbonyl (C=O) groups is 3. The van der Waals surface area contributed by atoms with Gasteiger partial charge in [0, 0.05) is 37.0 Å². The molecule has 0 saturated carbocycles. The van der Waals surface area contributed by atoms with E-state index in [0.29, 0.717) is 26.1 Å². The first kappa shape index (κ1) is 26.5. The zero-order valence-electron chi connectivity index (χ0n) is 19.1. The molecule has 3 atom stereocenters. The number of rotatable bonds is 7. The number of hydrogen-bond acceptors (Lipinski definition) is 6. The third-order valence-corrected chi connectivity index (χ3v) is 7.28. The Balaban J connectivity index is 1.90. The molecule has 188 valence electrons. The fraction of sp³-hybridized carbons (Fsp3) is 0.591. The number of benzene rings is 1. The highest BCUT2D eigenvalue weighted by Gasteiger charge is 2.52. The highest BCUT2D eigenvalue weighted by molar-refractivity contribution is 7.90. The van der Waals surface area contributed by atoms with Gasteiger partial charge in [-0.2, -0.15) is 0 Å². The zero-order valence-corrected chi connectivity index (χ0v) is 19.9. The Morgan fingerprint density at radius 3 is 2.47 bits per heavy atom. The van der Waals surface area contributed by atoms with E-state index in [2.05, 4.69) is 4.72 Å². The maximum atomic E-state index is 15.7. The van der Waals surface area contributed by atoms with Crippen molar-refractivity contribution in [2.45, 2.75) is 62.8 Å². The van der Waals surface area contributed by atoms with Crippen molar-refractivity contribution in [1.82, 2.24) is 14.9 Å². The van der Waals surface area contributed by atoms with Crippen molar-refractivity contribution in [3.05, 3.63) is 35.6 Å². The van der Waals surface area contributed by atoms with Crippen LogP contribution in [0.15, 0.2) is 24.3 Å². The number of ether oxygens (including phenoxy) is 1. The number of barbiturate groups is 1. The van der Waals surface area contributed by atoms with Gasteiger partial charge in [-0.1, -0.05) is 12.1 Å². The van der Waals surface area contributed by atoms with Gasteiger partial charge in [-0.05, 0) is 51.3 Å². The molecule has 4 amide bonds. The third-order valence-electron chi connectivity index (χ3n) is 5.72. The summed E-state index contributed by atoms with van der Waals surface area (Å²) in [6.45, 7) is 5.31. The molecule has 8 nitrogen and oxygen atoms in total. The molecule has 0 spiro atoms. The van der Waals surface area contributed by atoms with Gasteiger partial charge in [0.2, 0.25) is 11.8 Å². The smallest absolute Gasteiger partial charge is 0.331 e. The van der Waals surface area contributed by atoms with Crippen molar-refractivity contribution in [3.8, 4) is 0 Å². The molecular formula is C22H28F3N3O5S. The minimum atomic E-state index is -3.81. The highest BCUT2D eigenvalue weighted by Crippen LogP contribution is 2.40. The van der Waals surface area contributed by atoms with Crippen molar-refractivity contribution in [1.29, 1.82) is 0 Å². The maximum absolute atomic E-state index is 15.7. The number of hydrogen-bond donors (Lipinski definition) is 2. The fourth-order valence-corrected chi connectivity index (χ4v) is 4.74. The number of imide groups is 2. The van der Waals surface area contributed by atoms with Crippen LogP contribution in [0.4, 0.5) is 18.0 Å². The molecule has 2 heterocycles. The second-order valence-electron chi connectivity index (χ2n) is 9.35. The Kier molecular flexibility index (Phi) is 7.96. The molecule has 0 radical (unpaired) electrons. The summed E-state index contributed by atoms with van der Waals surface area (Å²) in [7, 11) is 0. The second kappa shape index (κ2) is 10.2. The van der Waals surface area contributed by atoms with Gasteiger partial charge < -0.3 is 9.29 Å². The van der Waals surface area contributed by atoms with Gasteiger partial charge in [0.15, 0.2) is 0 Å². The Morgan fingerprint density at radius 2 is 1.88 bits per heavy atom. The van der Waals surface area contributed by atoms with Gasteiger partial charge >= 0.3 is 6.03 Å². The molecule has 0 aromatic heterocycles. The molecule has 2 N–H and O–H groups in total. The van der Waals surface area contributed by atoms with Crippen LogP contribution in [0, 0.1) is 11.7 Å². The van der Waals surface area contributed by atoms with E-state index in [-0.39, 0.29) is 5.56 Å². The Bertz CT molecular complexity index is 937. The van der Waals surface area contributed by atoms with E-state index in [1.54, 1.807) is 20.8 Å². The standard InChI is InChI=1S/C22H28F3N3O5S/c1-21(2,3)34(32)27-17(13-5-4-6-14(23)11-13)22(24,25)12-16-18(29)26-20(31)28(19(16)30)15-7-9-33-10-8-15/h4-6,11,15-17,27H,7-10,12H2,1-3H3,(H,26,29,31)/t16?,17-,34?/m0/s1. The number of urea groups is 1. The van der Waals surface area contributed by atoms with Gasteiger partial charge in [0.1, 0.15) is 22.5 Å². The Labute approximate surface area is 198 Å². The van der Waals surface area contributed by atoms with Crippen LogP contribution in [0.1, 0.15) is 51.6 Å². The molecule has 0 bridgehead atoms. The van der Waals surface area contributed by atoms with Crippen molar-refractivity contribution in [3.63, 3.8) is 0 Å². The summed E-state index contributed by atoms with van der Waals surface area (Å²) in [5.74, 6) is -8.59. The van der Waals surface area contributed by atoms with Gasteiger partial charge in [-0.15, -0.1) is 4.72 Å². The average molecular weight is 504 g/mol. The molecule has 12 heteroatoms. The highest BCUT2D eigenvalue weighted by atomic mass is 32.2. The van der Waals surface area contributed by atoms with Crippen LogP contribution < -0.4 is 10.0 Å². The van der Waals surface area contributed by atoms with E-state index in [1.165, 1.54) is 12.1 Å². The predicted octanol–water partition coefficient (Wildman–Crippen LogP) is 2.82. The molecular weight excluding hydrogens is 475 g/mol.